The van der Waals surface area contributed by atoms with Gasteiger partial charge in [-0.2, -0.15) is 0 Å². The largest absolute Gasteiger partial charge is 0.347 e. The van der Waals surface area contributed by atoms with E-state index >= 15 is 0 Å². The fourth-order valence-corrected chi connectivity index (χ4v) is 2.94. The summed E-state index contributed by atoms with van der Waals surface area (Å²) in [5.41, 5.74) is -2.00. The Bertz CT molecular complexity index is 567. The van der Waals surface area contributed by atoms with Gasteiger partial charge in [-0.1, -0.05) is 13.8 Å². The molecule has 0 saturated carbocycles. The van der Waals surface area contributed by atoms with Crippen molar-refractivity contribution in [2.45, 2.75) is 38.3 Å². The molecule has 1 fully saturated rings. The highest BCUT2D eigenvalue weighted by Gasteiger charge is 2.52. The molecule has 2 heterocycles. The van der Waals surface area contributed by atoms with Crippen molar-refractivity contribution in [3.8, 4) is 0 Å². The Morgan fingerprint density at radius 1 is 1.58 bits per heavy atom. The third-order valence-corrected chi connectivity index (χ3v) is 4.34. The highest BCUT2D eigenvalue weighted by molar-refractivity contribution is 6.18. The first-order valence-electron chi connectivity index (χ1n) is 6.14. The van der Waals surface area contributed by atoms with Crippen LogP contribution in [0.2, 0.25) is 0 Å². The molecule has 0 spiro atoms. The van der Waals surface area contributed by atoms with Crippen LogP contribution < -0.4 is 11.2 Å². The number of ether oxygens (including phenoxy) is 1. The van der Waals surface area contributed by atoms with E-state index in [1.54, 1.807) is 6.92 Å². The summed E-state index contributed by atoms with van der Waals surface area (Å²) >= 11 is 5.91. The maximum Gasteiger partial charge on any atom is 0.330 e. The minimum Gasteiger partial charge on any atom is -0.347 e. The van der Waals surface area contributed by atoms with Crippen LogP contribution in [0, 0.1) is 5.92 Å². The Morgan fingerprint density at radius 2 is 2.26 bits per heavy atom. The van der Waals surface area contributed by atoms with Gasteiger partial charge in [-0.25, -0.2) is 9.18 Å². The number of halogens is 2. The van der Waals surface area contributed by atoms with Gasteiger partial charge < -0.3 is 4.74 Å². The molecule has 1 aliphatic heterocycles. The molecule has 0 aliphatic carbocycles. The number of nitrogens with one attached hydrogen (secondary N) is 1. The predicted molar refractivity (Wildman–Crippen MR) is 69.2 cm³/mol. The molecule has 1 aromatic heterocycles. The van der Waals surface area contributed by atoms with Crippen molar-refractivity contribution >= 4 is 11.6 Å². The minimum atomic E-state index is -1.36. The summed E-state index contributed by atoms with van der Waals surface area (Å²) in [5, 5.41) is 0. The summed E-state index contributed by atoms with van der Waals surface area (Å²) in [5.74, 6) is -0.279. The van der Waals surface area contributed by atoms with Gasteiger partial charge >= 0.3 is 5.69 Å². The fourth-order valence-electron chi connectivity index (χ4n) is 2.44. The molecular weight excluding hydrogens is 275 g/mol. The number of hydrogen-bond donors (Lipinski definition) is 1. The maximum atomic E-state index is 14.4. The Hall–Kier alpha value is -1.14. The third-order valence-electron chi connectivity index (χ3n) is 3.89. The van der Waals surface area contributed by atoms with E-state index in [0.29, 0.717) is 6.42 Å². The molecule has 0 aromatic carbocycles. The maximum absolute atomic E-state index is 14.4. The average Bonchev–Trinajstić information content (AvgIpc) is 2.64. The van der Waals surface area contributed by atoms with Crippen LogP contribution in [0.3, 0.4) is 0 Å². The molecule has 0 radical (unpaired) electrons. The summed E-state index contributed by atoms with van der Waals surface area (Å²) in [6.45, 7) is 3.58. The molecule has 0 unspecified atom stereocenters. The Kier molecular flexibility index (Phi) is 3.82. The van der Waals surface area contributed by atoms with E-state index in [-0.39, 0.29) is 5.88 Å². The summed E-state index contributed by atoms with van der Waals surface area (Å²) in [6.07, 6.45) is -0.627. The van der Waals surface area contributed by atoms with Crippen molar-refractivity contribution in [3.05, 3.63) is 33.1 Å². The van der Waals surface area contributed by atoms with E-state index in [4.69, 9.17) is 16.3 Å². The second-order valence-corrected chi connectivity index (χ2v) is 5.08. The van der Waals surface area contributed by atoms with Crippen molar-refractivity contribution < 1.29 is 9.13 Å². The van der Waals surface area contributed by atoms with E-state index in [0.717, 1.165) is 10.6 Å². The molecule has 7 heteroatoms. The second-order valence-electron chi connectivity index (χ2n) is 4.81. The first-order valence-corrected chi connectivity index (χ1v) is 6.68. The normalized spacial score (nSPS) is 34.6. The van der Waals surface area contributed by atoms with Gasteiger partial charge in [-0.15, -0.1) is 11.6 Å². The molecule has 1 saturated heterocycles. The van der Waals surface area contributed by atoms with E-state index in [9.17, 15) is 14.0 Å². The van der Waals surface area contributed by atoms with Crippen molar-refractivity contribution in [2.75, 3.05) is 5.88 Å². The molecule has 5 nitrogen and oxygen atoms in total. The smallest absolute Gasteiger partial charge is 0.330 e. The van der Waals surface area contributed by atoms with Crippen molar-refractivity contribution in [3.63, 3.8) is 0 Å². The number of alkyl halides is 2. The molecule has 106 valence electrons. The molecule has 2 rings (SSSR count). The Balaban J connectivity index is 2.42. The molecule has 0 bridgehead atoms. The topological polar surface area (TPSA) is 64.1 Å². The average molecular weight is 291 g/mol. The quantitative estimate of drug-likeness (QED) is 0.857. The van der Waals surface area contributed by atoms with Gasteiger partial charge in [0.1, 0.15) is 0 Å². The molecule has 1 aromatic rings. The van der Waals surface area contributed by atoms with Crippen molar-refractivity contribution in [1.82, 2.24) is 9.55 Å². The number of nitrogens with zero attached hydrogens (tertiary/aromatic N) is 1. The van der Waals surface area contributed by atoms with Gasteiger partial charge in [0.05, 0.1) is 11.5 Å². The van der Waals surface area contributed by atoms with Crippen LogP contribution in [0.5, 0.6) is 0 Å². The zero-order chi connectivity index (χ0) is 14.2. The van der Waals surface area contributed by atoms with Crippen LogP contribution >= 0.6 is 11.6 Å². The van der Waals surface area contributed by atoms with Crippen molar-refractivity contribution in [1.29, 1.82) is 0 Å². The second kappa shape index (κ2) is 5.09. The van der Waals surface area contributed by atoms with Crippen LogP contribution in [0.25, 0.3) is 0 Å². The van der Waals surface area contributed by atoms with Crippen LogP contribution in [-0.4, -0.2) is 27.2 Å². The van der Waals surface area contributed by atoms with Crippen LogP contribution in [0.4, 0.5) is 4.39 Å². The summed E-state index contributed by atoms with van der Waals surface area (Å²) in [7, 11) is 0. The highest BCUT2D eigenvalue weighted by Crippen LogP contribution is 2.45. The van der Waals surface area contributed by atoms with Crippen LogP contribution in [0.15, 0.2) is 21.9 Å². The molecule has 1 N–H and O–H groups in total. The monoisotopic (exact) mass is 290 g/mol. The number of rotatable bonds is 3. The SMILES string of the molecule is CC[C@@]1(CCl)O[C@@H](n2ccc(=O)[nH]c2=O)[C@H](F)[C@@H]1C. The van der Waals surface area contributed by atoms with Gasteiger partial charge in [0.15, 0.2) is 12.4 Å². The summed E-state index contributed by atoms with van der Waals surface area (Å²) in [6, 6.07) is 1.16. The minimum absolute atomic E-state index is 0.152. The van der Waals surface area contributed by atoms with E-state index in [1.165, 1.54) is 6.20 Å². The van der Waals surface area contributed by atoms with E-state index < -0.39 is 35.2 Å². The lowest BCUT2D eigenvalue weighted by atomic mass is 9.87. The number of H-pyrrole nitrogens is 1. The highest BCUT2D eigenvalue weighted by atomic mass is 35.5. The summed E-state index contributed by atoms with van der Waals surface area (Å²) < 4.78 is 21.2. The van der Waals surface area contributed by atoms with Gasteiger partial charge in [0.2, 0.25) is 0 Å². The molecule has 4 atom stereocenters. The standard InChI is InChI=1S/C12H16ClFN2O3/c1-3-12(6-13)7(2)9(14)10(19-12)16-5-4-8(17)15-11(16)18/h4-5,7,9-10H,3,6H2,1-2H3,(H,15,17,18)/t7-,9+,10+,12-/m0/s1. The summed E-state index contributed by atoms with van der Waals surface area (Å²) in [4.78, 5) is 24.8. The zero-order valence-electron chi connectivity index (χ0n) is 10.7. The van der Waals surface area contributed by atoms with Gasteiger partial charge in [-0.3, -0.25) is 14.3 Å². The predicted octanol–water partition coefficient (Wildman–Crippen LogP) is 1.43. The fraction of sp³-hybridized carbons (Fsp3) is 0.667. The number of aromatic nitrogens is 2. The zero-order valence-corrected chi connectivity index (χ0v) is 11.5. The molecule has 19 heavy (non-hydrogen) atoms. The lowest BCUT2D eigenvalue weighted by Gasteiger charge is -2.29. The lowest BCUT2D eigenvalue weighted by molar-refractivity contribution is -0.0788. The third kappa shape index (κ3) is 2.23. The first-order chi connectivity index (χ1) is 8.95. The molecular formula is C12H16ClFN2O3. The Morgan fingerprint density at radius 3 is 2.74 bits per heavy atom. The molecule has 0 amide bonds. The van der Waals surface area contributed by atoms with Crippen LogP contribution in [0.1, 0.15) is 26.5 Å². The van der Waals surface area contributed by atoms with Gasteiger partial charge in [0, 0.05) is 18.2 Å². The van der Waals surface area contributed by atoms with Crippen LogP contribution in [-0.2, 0) is 4.74 Å². The van der Waals surface area contributed by atoms with Gasteiger partial charge in [-0.05, 0) is 6.42 Å². The number of aromatic amines is 1. The molecule has 1 aliphatic rings. The van der Waals surface area contributed by atoms with E-state index in [1.807, 2.05) is 6.92 Å². The van der Waals surface area contributed by atoms with E-state index in [2.05, 4.69) is 4.98 Å². The van der Waals surface area contributed by atoms with Crippen molar-refractivity contribution in [2.24, 2.45) is 5.92 Å². The Labute approximate surface area is 114 Å². The lowest BCUT2D eigenvalue weighted by Crippen LogP contribution is -2.37. The first kappa shape index (κ1) is 14.3. The number of hydrogen-bond acceptors (Lipinski definition) is 3. The van der Waals surface area contributed by atoms with Gasteiger partial charge in [0.25, 0.3) is 5.56 Å².